The Morgan fingerprint density at radius 1 is 0.423 bits per heavy atom. The van der Waals surface area contributed by atoms with E-state index in [0.29, 0.717) is 0 Å². The van der Waals surface area contributed by atoms with Gasteiger partial charge >= 0.3 is 35.8 Å². The Labute approximate surface area is 759 Å². The molecule has 1 fully saturated rings. The van der Waals surface area contributed by atoms with E-state index in [9.17, 15) is 88.2 Å². The quantitative estimate of drug-likeness (QED) is 0.0235. The largest absolute Gasteiger partial charge is 0.461 e. The molecule has 111 heavy (non-hydrogen) atoms. The number of aliphatic hydroxyl groups is 6. The molecule has 36 nitrogen and oxygen atoms in total. The number of ether oxygens (including phenoxy) is 6. The van der Waals surface area contributed by atoms with Crippen LogP contribution >= 0.6 is 203 Å². The summed E-state index contributed by atoms with van der Waals surface area (Å²) in [6.07, 6.45) is -9.83. The van der Waals surface area contributed by atoms with Crippen molar-refractivity contribution < 1.29 is 131 Å². The lowest BCUT2D eigenvalue weighted by Gasteiger charge is -2.36. The average Bonchev–Trinajstić information content (AvgIpc) is 0.770. The SMILES string of the molecule is CC(=O)OCC(OC(C)=O)C(=O)Nc1c(I)c(C(=O)N(C)CC(O)CO)c(I)c(C(=O)N2CCCN(C(=O)C3=C(I)C(NC(=O)C(COC(C)=O)OC(C)=O)C(I)C(C(=O)N(C)CC(O)CO)=C3I)CCCN(C(=O)c3c(I)c(NC(=O)C(COC(C)=O)OC(C)=O)c(I)c(C(=O)N(C)CC(O)CO)c3I)CCC2)c1I. The molecule has 1 aliphatic carbocycles. The van der Waals surface area contributed by atoms with Gasteiger partial charge in [-0.15, -0.1) is 0 Å². The highest BCUT2D eigenvalue weighted by Gasteiger charge is 2.45. The number of rotatable bonds is 30. The lowest BCUT2D eigenvalue weighted by Crippen LogP contribution is -2.52. The van der Waals surface area contributed by atoms with Gasteiger partial charge < -0.3 is 104 Å². The van der Waals surface area contributed by atoms with Gasteiger partial charge in [-0.05, 0) is 200 Å². The van der Waals surface area contributed by atoms with Gasteiger partial charge in [0.25, 0.3) is 53.2 Å². The van der Waals surface area contributed by atoms with Crippen LogP contribution in [-0.4, -0.2) is 315 Å². The van der Waals surface area contributed by atoms with Crippen LogP contribution in [0.5, 0.6) is 0 Å². The molecule has 4 rings (SSSR count). The Kier molecular flexibility index (Phi) is 42.2. The number of esters is 6. The van der Waals surface area contributed by atoms with Gasteiger partial charge in [0.1, 0.15) is 19.8 Å². The van der Waals surface area contributed by atoms with Gasteiger partial charge in [0.2, 0.25) is 18.3 Å². The van der Waals surface area contributed by atoms with Crippen LogP contribution in [-0.2, 0) is 81.2 Å². The summed E-state index contributed by atoms with van der Waals surface area (Å²) in [4.78, 5) is 216. The molecular weight excluding hydrogens is 2490 g/mol. The fraction of sp³-hybridized carbons (Fsp3) is 0.530. The molecule has 8 atom stereocenters. The zero-order valence-electron chi connectivity index (χ0n) is 60.7. The fourth-order valence-electron chi connectivity index (χ4n) is 10.7. The monoisotopic (exact) mass is 2570 g/mol. The Balaban J connectivity index is 2.17. The van der Waals surface area contributed by atoms with Crippen LogP contribution in [0.25, 0.3) is 0 Å². The van der Waals surface area contributed by atoms with Gasteiger partial charge in [0, 0.05) is 141 Å². The first-order chi connectivity index (χ1) is 51.9. The number of alkyl halides is 1. The number of likely N-dealkylation sites (N-methyl/N-ethyl adjacent to an activating group) is 3. The third kappa shape index (κ3) is 28.0. The van der Waals surface area contributed by atoms with E-state index < -0.39 is 195 Å². The smallest absolute Gasteiger partial charge is 0.303 e. The highest BCUT2D eigenvalue weighted by Crippen LogP contribution is 2.44. The molecule has 9 N–H and O–H groups in total. The molecule has 2 aromatic rings. The molecule has 1 heterocycles. The van der Waals surface area contributed by atoms with Crippen molar-refractivity contribution in [3.8, 4) is 0 Å². The molecule has 1 aliphatic heterocycles. The highest BCUT2D eigenvalue weighted by atomic mass is 127. The maximum absolute atomic E-state index is 16.1. The lowest BCUT2D eigenvalue weighted by atomic mass is 9.93. The predicted molar refractivity (Wildman–Crippen MR) is 468 cm³/mol. The minimum absolute atomic E-state index is 0.00287. The molecule has 0 radical (unpaired) electrons. The Bertz CT molecular complexity index is 3830. The van der Waals surface area contributed by atoms with E-state index in [1.165, 1.54) is 35.8 Å². The van der Waals surface area contributed by atoms with E-state index in [-0.39, 0.29) is 132 Å². The number of aliphatic hydroxyl groups excluding tert-OH is 6. The Morgan fingerprint density at radius 2 is 0.712 bits per heavy atom. The second-order valence-electron chi connectivity index (χ2n) is 24.7. The van der Waals surface area contributed by atoms with Gasteiger partial charge in [0.05, 0.1) is 102 Å². The van der Waals surface area contributed by atoms with Gasteiger partial charge in [-0.3, -0.25) is 71.9 Å². The summed E-state index contributed by atoms with van der Waals surface area (Å²) in [5.41, 5.74) is -1.41. The molecule has 2 aromatic carbocycles. The number of carbonyl (C=O) groups is 15. The summed E-state index contributed by atoms with van der Waals surface area (Å²) in [5.74, 6) is -13.4. The van der Waals surface area contributed by atoms with Crippen molar-refractivity contribution in [3.05, 3.63) is 62.0 Å². The van der Waals surface area contributed by atoms with Crippen molar-refractivity contribution in [2.45, 2.75) is 107 Å². The first-order valence-electron chi connectivity index (χ1n) is 33.1. The van der Waals surface area contributed by atoms with Crippen molar-refractivity contribution in [1.29, 1.82) is 0 Å². The summed E-state index contributed by atoms with van der Waals surface area (Å²) >= 11 is 16.2. The zero-order valence-corrected chi connectivity index (χ0v) is 80.1. The molecule has 0 bridgehead atoms. The molecule has 8 unspecified atom stereocenters. The van der Waals surface area contributed by atoms with E-state index in [1.54, 1.807) is 136 Å². The zero-order chi connectivity index (χ0) is 84.1. The van der Waals surface area contributed by atoms with Gasteiger partial charge in [-0.25, -0.2) is 0 Å². The maximum atomic E-state index is 16.1. The predicted octanol–water partition coefficient (Wildman–Crippen LogP) is 2.61. The van der Waals surface area contributed by atoms with Crippen LogP contribution in [0.4, 0.5) is 11.4 Å². The molecule has 0 saturated carbocycles. The number of benzene rings is 2. The first kappa shape index (κ1) is 99.7. The van der Waals surface area contributed by atoms with Crippen molar-refractivity contribution in [3.63, 3.8) is 0 Å². The summed E-state index contributed by atoms with van der Waals surface area (Å²) in [7, 11) is 3.93. The third-order valence-electron chi connectivity index (χ3n) is 15.9. The molecule has 45 heteroatoms. The molecule has 0 spiro atoms. The minimum Gasteiger partial charge on any atom is -0.461 e. The lowest BCUT2D eigenvalue weighted by molar-refractivity contribution is -0.162. The number of amides is 9. The summed E-state index contributed by atoms with van der Waals surface area (Å²) in [6, 6.07) is -1.31. The van der Waals surface area contributed by atoms with Crippen LogP contribution < -0.4 is 16.0 Å². The van der Waals surface area contributed by atoms with E-state index >= 15 is 14.4 Å². The number of anilines is 2. The van der Waals surface area contributed by atoms with Crippen LogP contribution in [0.1, 0.15) is 102 Å². The number of halogens is 9. The van der Waals surface area contributed by atoms with Crippen LogP contribution in [0.3, 0.4) is 0 Å². The fourth-order valence-corrected chi connectivity index (χ4v) is 24.4. The first-order valence-corrected chi connectivity index (χ1v) is 43.0. The Morgan fingerprint density at radius 3 is 1.01 bits per heavy atom. The average molecular weight is 2570 g/mol. The van der Waals surface area contributed by atoms with Gasteiger partial charge in [-0.1, -0.05) is 22.6 Å². The minimum atomic E-state index is -1.78. The number of nitrogens with zero attached hydrogens (tertiary/aromatic N) is 6. The second kappa shape index (κ2) is 47.0. The van der Waals surface area contributed by atoms with Crippen LogP contribution in [0.2, 0.25) is 0 Å². The highest BCUT2D eigenvalue weighted by molar-refractivity contribution is 14.1. The van der Waals surface area contributed by atoms with E-state index in [4.69, 9.17) is 28.4 Å². The molecule has 1 saturated heterocycles. The van der Waals surface area contributed by atoms with E-state index in [1.807, 2.05) is 67.8 Å². The number of carbonyl (C=O) groups excluding carboxylic acids is 15. The number of hydrogen-bond acceptors (Lipinski definition) is 27. The third-order valence-corrected chi connectivity index (χ3v) is 26.1. The van der Waals surface area contributed by atoms with Crippen LogP contribution in [0, 0.1) is 21.4 Å². The van der Waals surface area contributed by atoms with E-state index in [0.717, 1.165) is 56.2 Å². The summed E-state index contributed by atoms with van der Waals surface area (Å²) < 4.78 is 30.1. The molecule has 2 aliphatic rings. The summed E-state index contributed by atoms with van der Waals surface area (Å²) in [6.45, 7) is -1.15. The molecule has 614 valence electrons. The molecule has 9 amide bonds. The topological polar surface area (TPSA) is 488 Å². The van der Waals surface area contributed by atoms with Crippen molar-refractivity contribution in [1.82, 2.24) is 34.7 Å². The van der Waals surface area contributed by atoms with Gasteiger partial charge in [0.15, 0.2) is 0 Å². The second-order valence-corrected chi connectivity index (χ2v) is 34.7. The van der Waals surface area contributed by atoms with Crippen molar-refractivity contribution in [2.24, 2.45) is 0 Å². The number of nitrogens with one attached hydrogen (secondary N) is 3. The molecular formula is C66H80I9N9O27. The van der Waals surface area contributed by atoms with Crippen molar-refractivity contribution >= 4 is 304 Å². The van der Waals surface area contributed by atoms with E-state index in [2.05, 4.69) is 16.0 Å². The maximum Gasteiger partial charge on any atom is 0.303 e. The van der Waals surface area contributed by atoms with Crippen molar-refractivity contribution in [2.75, 3.05) is 130 Å². The van der Waals surface area contributed by atoms with Gasteiger partial charge in [-0.2, -0.15) is 0 Å². The standard InChI is InChI=1S/C66H80I9N9O27/c1-28(88)106-25-37(109-31(4)91)58(97)76-55-49(70)40(61(100)79(7)19-34(94)22-85)46(67)43(52(55)73)64(103)82-13-10-15-83(65(104)44-47(68)41(62(101)80(8)20-35(95)23-86)50(71)56(53(44)74)77-59(98)38(110-32(5)92)26-107-29(2)89)17-12-18-84(16-11-14-82)66(105)45-48(69)42(63(102)81(9)21-36(96)24-87)51(72)57(54(45)75)78-60(99)39(111-33(6)93)27-108-30(3)90/h34-39,49,55,85-87,94-96H,10-27H2,1-9H3,(H,76,97)(H,77,98)(H,78,99). The van der Waals surface area contributed by atoms with Crippen LogP contribution in [0.15, 0.2) is 18.3 Å². The normalized spacial score (nSPS) is 16.5. The summed E-state index contributed by atoms with van der Waals surface area (Å²) in [5, 5.41) is 69.1. The molecule has 0 aromatic heterocycles. The Hall–Kier alpha value is -3.70. The number of hydrogen-bond donors (Lipinski definition) is 9.